The summed E-state index contributed by atoms with van der Waals surface area (Å²) in [5.74, 6) is 0. The molecule has 2 rings (SSSR count). The van der Waals surface area contributed by atoms with Crippen molar-refractivity contribution in [3.8, 4) is 11.1 Å². The molecule has 0 bridgehead atoms. The van der Waals surface area contributed by atoms with Gasteiger partial charge in [-0.3, -0.25) is 0 Å². The van der Waals surface area contributed by atoms with Gasteiger partial charge in [0.1, 0.15) is 0 Å². The number of carbonyl (C=O) groups is 1. The molecule has 1 heterocycles. The number of ether oxygens (including phenoxy) is 2. The van der Waals surface area contributed by atoms with Gasteiger partial charge >= 0.3 is 6.03 Å². The topological polar surface area (TPSA) is 50.8 Å². The number of nitrogens with one attached hydrogen (secondary N) is 1. The summed E-state index contributed by atoms with van der Waals surface area (Å²) in [4.78, 5) is 14.1. The Kier molecular flexibility index (Phi) is 7.06. The van der Waals surface area contributed by atoms with E-state index in [-0.39, 0.29) is 6.03 Å². The molecule has 0 spiro atoms. The minimum atomic E-state index is -0.151. The Labute approximate surface area is 140 Å². The largest absolute Gasteiger partial charge is 0.383 e. The summed E-state index contributed by atoms with van der Waals surface area (Å²) in [5, 5.41) is 7.07. The number of carbonyl (C=O) groups excluding carboxylic acids is 1. The Morgan fingerprint density at radius 1 is 1.13 bits per heavy atom. The predicted molar refractivity (Wildman–Crippen MR) is 94.1 cm³/mol. The number of rotatable bonds is 8. The van der Waals surface area contributed by atoms with Gasteiger partial charge in [-0.25, -0.2) is 4.79 Å². The molecular weight excluding hydrogens is 312 g/mol. The van der Waals surface area contributed by atoms with E-state index in [2.05, 4.69) is 16.8 Å². The van der Waals surface area contributed by atoms with Crippen LogP contribution < -0.4 is 5.32 Å². The van der Waals surface area contributed by atoms with Crippen molar-refractivity contribution in [1.29, 1.82) is 0 Å². The van der Waals surface area contributed by atoms with Gasteiger partial charge < -0.3 is 19.7 Å². The molecule has 0 unspecified atom stereocenters. The Morgan fingerprint density at radius 3 is 2.48 bits per heavy atom. The molecule has 0 fully saturated rings. The van der Waals surface area contributed by atoms with Crippen molar-refractivity contribution < 1.29 is 14.3 Å². The zero-order valence-corrected chi connectivity index (χ0v) is 14.3. The lowest BCUT2D eigenvalue weighted by Crippen LogP contribution is -2.39. The van der Waals surface area contributed by atoms with E-state index < -0.39 is 0 Å². The second kappa shape index (κ2) is 9.29. The summed E-state index contributed by atoms with van der Waals surface area (Å²) in [6.45, 7) is 2.03. The molecule has 0 aliphatic rings. The number of urea groups is 1. The first-order chi connectivity index (χ1) is 11.2. The summed E-state index contributed by atoms with van der Waals surface area (Å²) in [6.07, 6.45) is 0. The van der Waals surface area contributed by atoms with Gasteiger partial charge in [0.05, 0.1) is 13.2 Å². The van der Waals surface area contributed by atoms with Crippen LogP contribution in [0, 0.1) is 0 Å². The highest BCUT2D eigenvalue weighted by atomic mass is 32.1. The second-order valence-electron chi connectivity index (χ2n) is 5.00. The van der Waals surface area contributed by atoms with Gasteiger partial charge in [-0.2, -0.15) is 11.3 Å². The van der Waals surface area contributed by atoms with E-state index in [9.17, 15) is 4.79 Å². The van der Waals surface area contributed by atoms with E-state index in [1.807, 2.05) is 29.6 Å². The van der Waals surface area contributed by atoms with Gasteiger partial charge in [-0.15, -0.1) is 0 Å². The number of nitrogens with zero attached hydrogens (tertiary/aromatic N) is 1. The fraction of sp³-hybridized carbons (Fsp3) is 0.353. The zero-order valence-electron chi connectivity index (χ0n) is 13.5. The first-order valence-corrected chi connectivity index (χ1v) is 8.35. The smallest absolute Gasteiger partial charge is 0.321 e. The quantitative estimate of drug-likeness (QED) is 0.803. The number of benzene rings is 1. The van der Waals surface area contributed by atoms with E-state index in [1.165, 1.54) is 0 Å². The van der Waals surface area contributed by atoms with E-state index in [4.69, 9.17) is 9.47 Å². The predicted octanol–water partition coefficient (Wildman–Crippen LogP) is 3.54. The second-order valence-corrected chi connectivity index (χ2v) is 5.78. The van der Waals surface area contributed by atoms with Crippen molar-refractivity contribution in [3.05, 3.63) is 41.1 Å². The summed E-state index contributed by atoms with van der Waals surface area (Å²) in [6, 6.07) is 9.75. The summed E-state index contributed by atoms with van der Waals surface area (Å²) >= 11 is 1.65. The maximum absolute atomic E-state index is 12.4. The Morgan fingerprint density at radius 2 is 1.87 bits per heavy atom. The van der Waals surface area contributed by atoms with E-state index in [1.54, 1.807) is 30.5 Å². The molecule has 5 nitrogen and oxygen atoms in total. The molecule has 0 saturated heterocycles. The third-order valence-electron chi connectivity index (χ3n) is 3.39. The number of methoxy groups -OCH3 is 2. The zero-order chi connectivity index (χ0) is 16.5. The van der Waals surface area contributed by atoms with Crippen LogP contribution in [0.1, 0.15) is 0 Å². The van der Waals surface area contributed by atoms with Gasteiger partial charge in [-0.1, -0.05) is 12.1 Å². The maximum atomic E-state index is 12.4. The normalized spacial score (nSPS) is 10.5. The SMILES string of the molecule is COCCN(CCOC)C(=O)Nc1cccc(-c2ccsc2)c1. The van der Waals surface area contributed by atoms with Crippen LogP contribution in [0.25, 0.3) is 11.1 Å². The van der Waals surface area contributed by atoms with Crippen LogP contribution >= 0.6 is 11.3 Å². The molecule has 0 radical (unpaired) electrons. The molecule has 2 amide bonds. The third-order valence-corrected chi connectivity index (χ3v) is 4.07. The highest BCUT2D eigenvalue weighted by Crippen LogP contribution is 2.24. The number of anilines is 1. The average molecular weight is 334 g/mol. The summed E-state index contributed by atoms with van der Waals surface area (Å²) in [5.41, 5.74) is 3.02. The monoisotopic (exact) mass is 334 g/mol. The van der Waals surface area contributed by atoms with Crippen molar-refractivity contribution in [2.75, 3.05) is 45.8 Å². The molecule has 0 atom stereocenters. The van der Waals surface area contributed by atoms with Crippen molar-refractivity contribution in [2.45, 2.75) is 0 Å². The van der Waals surface area contributed by atoms with Crippen molar-refractivity contribution in [1.82, 2.24) is 4.90 Å². The number of hydrogen-bond donors (Lipinski definition) is 1. The minimum Gasteiger partial charge on any atom is -0.383 e. The van der Waals surface area contributed by atoms with Crippen LogP contribution in [0.4, 0.5) is 10.5 Å². The molecule has 0 aliphatic carbocycles. The van der Waals surface area contributed by atoms with Gasteiger partial charge in [-0.05, 0) is 40.1 Å². The number of thiophene rings is 1. The molecular formula is C17H22N2O3S. The van der Waals surface area contributed by atoms with E-state index >= 15 is 0 Å². The molecule has 1 N–H and O–H groups in total. The Balaban J connectivity index is 2.03. The van der Waals surface area contributed by atoms with Crippen LogP contribution in [-0.2, 0) is 9.47 Å². The van der Waals surface area contributed by atoms with Gasteiger partial charge in [0.25, 0.3) is 0 Å². The lowest BCUT2D eigenvalue weighted by atomic mass is 10.1. The van der Waals surface area contributed by atoms with Crippen LogP contribution in [0.3, 0.4) is 0 Å². The highest BCUT2D eigenvalue weighted by molar-refractivity contribution is 7.08. The van der Waals surface area contributed by atoms with Gasteiger partial charge in [0.2, 0.25) is 0 Å². The maximum Gasteiger partial charge on any atom is 0.321 e. The molecule has 124 valence electrons. The average Bonchev–Trinajstić information content (AvgIpc) is 3.09. The van der Waals surface area contributed by atoms with Crippen molar-refractivity contribution in [3.63, 3.8) is 0 Å². The van der Waals surface area contributed by atoms with E-state index in [0.29, 0.717) is 26.3 Å². The lowest BCUT2D eigenvalue weighted by Gasteiger charge is -2.22. The number of hydrogen-bond acceptors (Lipinski definition) is 4. The van der Waals surface area contributed by atoms with E-state index in [0.717, 1.165) is 16.8 Å². The first-order valence-electron chi connectivity index (χ1n) is 7.41. The molecule has 6 heteroatoms. The Hall–Kier alpha value is -1.89. The fourth-order valence-corrected chi connectivity index (χ4v) is 2.79. The highest BCUT2D eigenvalue weighted by Gasteiger charge is 2.13. The van der Waals surface area contributed by atoms with Crippen molar-refractivity contribution >= 4 is 23.1 Å². The number of amides is 2. The molecule has 0 aliphatic heterocycles. The van der Waals surface area contributed by atoms with Crippen LogP contribution in [0.2, 0.25) is 0 Å². The standard InChI is InChI=1S/C17H22N2O3S/c1-21-9-7-19(8-10-22-2)17(20)18-16-5-3-4-14(12-16)15-6-11-23-13-15/h3-6,11-13H,7-10H2,1-2H3,(H,18,20). The minimum absolute atomic E-state index is 0.151. The fourth-order valence-electron chi connectivity index (χ4n) is 2.13. The Bertz CT molecular complexity index is 594. The van der Waals surface area contributed by atoms with Crippen LogP contribution in [0.15, 0.2) is 41.1 Å². The van der Waals surface area contributed by atoms with Crippen LogP contribution in [-0.4, -0.2) is 51.5 Å². The summed E-state index contributed by atoms with van der Waals surface area (Å²) < 4.78 is 10.1. The van der Waals surface area contributed by atoms with Gasteiger partial charge in [0, 0.05) is 33.0 Å². The van der Waals surface area contributed by atoms with Crippen molar-refractivity contribution in [2.24, 2.45) is 0 Å². The lowest BCUT2D eigenvalue weighted by molar-refractivity contribution is 0.127. The third kappa shape index (κ3) is 5.35. The van der Waals surface area contributed by atoms with Crippen LogP contribution in [0.5, 0.6) is 0 Å². The molecule has 23 heavy (non-hydrogen) atoms. The molecule has 1 aromatic heterocycles. The molecule has 2 aromatic rings. The first kappa shape index (κ1) is 17.5. The summed E-state index contributed by atoms with van der Waals surface area (Å²) in [7, 11) is 3.24. The molecule has 1 aromatic carbocycles. The molecule has 0 saturated carbocycles. The van der Waals surface area contributed by atoms with Gasteiger partial charge in [0.15, 0.2) is 0 Å².